The minimum atomic E-state index is -0.747. The first kappa shape index (κ1) is 29.7. The number of carbonyl (C=O) groups is 2. The first-order valence-corrected chi connectivity index (χ1v) is 16.1. The van der Waals surface area contributed by atoms with Crippen molar-refractivity contribution >= 4 is 17.4 Å². The van der Waals surface area contributed by atoms with Crippen LogP contribution >= 0.6 is 0 Å². The molecule has 0 N–H and O–H groups in total. The average molecular weight is 556 g/mol. The molecule has 1 aromatic rings. The summed E-state index contributed by atoms with van der Waals surface area (Å²) in [6.07, 6.45) is 14.6. The van der Waals surface area contributed by atoms with Crippen LogP contribution in [0.1, 0.15) is 116 Å². The van der Waals surface area contributed by atoms with Crippen LogP contribution in [-0.2, 0) is 14.3 Å². The van der Waals surface area contributed by atoms with E-state index in [1.54, 1.807) is 5.57 Å². The summed E-state index contributed by atoms with van der Waals surface area (Å²) >= 11 is 0. The van der Waals surface area contributed by atoms with Gasteiger partial charge >= 0.3 is 5.97 Å². The summed E-state index contributed by atoms with van der Waals surface area (Å²) in [7, 11) is 2.20. The number of nitrogens with zero attached hydrogens (tertiary/aromatic N) is 1. The first-order chi connectivity index (χ1) is 19.7. The second-order valence-electron chi connectivity index (χ2n) is 13.3. The molecule has 0 amide bonds. The van der Waals surface area contributed by atoms with Gasteiger partial charge in [-0.1, -0.05) is 63.2 Å². The molecule has 4 nitrogen and oxygen atoms in total. The SMILES string of the molecule is CC#C[C@]1(OC(C)=O)CC[C@H]2[C@@H]3CCC4=CC(=O)CCC4=C3[C@@H](c3ccc(N(C)CCCCCCC)cc3)C[C@@]21C. The molecule has 5 atom stereocenters. The van der Waals surface area contributed by atoms with E-state index in [2.05, 4.69) is 61.9 Å². The van der Waals surface area contributed by atoms with Crippen LogP contribution in [0.4, 0.5) is 5.69 Å². The second-order valence-corrected chi connectivity index (χ2v) is 13.3. The van der Waals surface area contributed by atoms with E-state index in [0.717, 1.165) is 45.1 Å². The highest BCUT2D eigenvalue weighted by molar-refractivity contribution is 5.93. The Kier molecular flexibility index (Phi) is 8.84. The molecule has 41 heavy (non-hydrogen) atoms. The zero-order valence-electron chi connectivity index (χ0n) is 26.0. The number of benzene rings is 1. The van der Waals surface area contributed by atoms with E-state index < -0.39 is 5.60 Å². The van der Waals surface area contributed by atoms with E-state index in [0.29, 0.717) is 18.3 Å². The lowest BCUT2D eigenvalue weighted by molar-refractivity contribution is -0.164. The molecule has 0 bridgehead atoms. The van der Waals surface area contributed by atoms with Crippen molar-refractivity contribution in [1.29, 1.82) is 0 Å². The largest absolute Gasteiger partial charge is 0.445 e. The summed E-state index contributed by atoms with van der Waals surface area (Å²) in [6, 6.07) is 9.25. The third-order valence-electron chi connectivity index (χ3n) is 10.8. The number of carbonyl (C=O) groups excluding carboxylic acids is 2. The Balaban J connectivity index is 1.51. The van der Waals surface area contributed by atoms with Crippen molar-refractivity contribution in [1.82, 2.24) is 0 Å². The van der Waals surface area contributed by atoms with Crippen LogP contribution in [0.15, 0.2) is 47.1 Å². The lowest BCUT2D eigenvalue weighted by Crippen LogP contribution is -2.53. The Morgan fingerprint density at radius 3 is 2.54 bits per heavy atom. The molecular weight excluding hydrogens is 506 g/mol. The molecule has 0 aliphatic heterocycles. The van der Waals surface area contributed by atoms with Gasteiger partial charge in [0.15, 0.2) is 11.4 Å². The van der Waals surface area contributed by atoms with Gasteiger partial charge in [-0.25, -0.2) is 0 Å². The fourth-order valence-corrected chi connectivity index (χ4v) is 8.84. The maximum Gasteiger partial charge on any atom is 0.304 e. The van der Waals surface area contributed by atoms with E-state index >= 15 is 0 Å². The molecule has 0 heterocycles. The number of esters is 1. The zero-order valence-corrected chi connectivity index (χ0v) is 26.0. The highest BCUT2D eigenvalue weighted by Gasteiger charge is 2.65. The lowest BCUT2D eigenvalue weighted by Gasteiger charge is -2.54. The number of ketones is 1. The summed E-state index contributed by atoms with van der Waals surface area (Å²) in [5.41, 5.74) is 5.91. The molecule has 0 saturated heterocycles. The number of hydrogen-bond acceptors (Lipinski definition) is 4. The van der Waals surface area contributed by atoms with Crippen LogP contribution < -0.4 is 4.90 Å². The van der Waals surface area contributed by atoms with Crippen molar-refractivity contribution in [3.8, 4) is 11.8 Å². The van der Waals surface area contributed by atoms with Gasteiger partial charge in [0.05, 0.1) is 0 Å². The molecule has 4 heteroatoms. The number of hydrogen-bond donors (Lipinski definition) is 0. The maximum absolute atomic E-state index is 12.4. The molecule has 5 rings (SSSR count). The van der Waals surface area contributed by atoms with Crippen molar-refractivity contribution in [2.24, 2.45) is 17.3 Å². The highest BCUT2D eigenvalue weighted by atomic mass is 16.6. The Morgan fingerprint density at radius 1 is 1.07 bits per heavy atom. The van der Waals surface area contributed by atoms with Gasteiger partial charge in [-0.2, -0.15) is 0 Å². The Morgan fingerprint density at radius 2 is 1.83 bits per heavy atom. The molecule has 0 spiro atoms. The second kappa shape index (κ2) is 12.2. The number of allylic oxidation sites excluding steroid dienone is 4. The molecular formula is C37H49NO3. The van der Waals surface area contributed by atoms with Crippen molar-refractivity contribution in [2.75, 3.05) is 18.5 Å². The van der Waals surface area contributed by atoms with Crippen molar-refractivity contribution in [2.45, 2.75) is 116 Å². The van der Waals surface area contributed by atoms with E-state index in [1.807, 2.05) is 13.0 Å². The Labute approximate surface area is 248 Å². The van der Waals surface area contributed by atoms with Gasteiger partial charge in [-0.05, 0) is 98.6 Å². The van der Waals surface area contributed by atoms with Gasteiger partial charge < -0.3 is 9.64 Å². The van der Waals surface area contributed by atoms with E-state index in [9.17, 15) is 9.59 Å². The van der Waals surface area contributed by atoms with E-state index in [1.165, 1.54) is 61.4 Å². The predicted molar refractivity (Wildman–Crippen MR) is 167 cm³/mol. The quantitative estimate of drug-likeness (QED) is 0.175. The number of ether oxygens (including phenoxy) is 1. The summed E-state index contributed by atoms with van der Waals surface area (Å²) in [4.78, 5) is 27.2. The van der Waals surface area contributed by atoms with Gasteiger partial charge in [0.1, 0.15) is 0 Å². The average Bonchev–Trinajstić information content (AvgIpc) is 3.23. The smallest absolute Gasteiger partial charge is 0.304 e. The first-order valence-electron chi connectivity index (χ1n) is 16.1. The molecule has 4 aliphatic carbocycles. The molecule has 2 fully saturated rings. The monoisotopic (exact) mass is 555 g/mol. The molecule has 0 radical (unpaired) electrons. The number of rotatable bonds is 9. The van der Waals surface area contributed by atoms with Crippen LogP contribution in [0, 0.1) is 29.1 Å². The number of unbranched alkanes of at least 4 members (excludes halogenated alkanes) is 4. The Hall–Kier alpha value is -2.80. The van der Waals surface area contributed by atoms with Gasteiger partial charge in [0, 0.05) is 44.0 Å². The normalized spacial score (nSPS) is 30.4. The fourth-order valence-electron chi connectivity index (χ4n) is 8.84. The minimum Gasteiger partial charge on any atom is -0.445 e. The fraction of sp³-hybridized carbons (Fsp3) is 0.622. The molecule has 0 aromatic heterocycles. The number of anilines is 1. The van der Waals surface area contributed by atoms with Crippen LogP contribution in [0.5, 0.6) is 0 Å². The van der Waals surface area contributed by atoms with Crippen LogP contribution in [0.2, 0.25) is 0 Å². The third kappa shape index (κ3) is 5.54. The highest BCUT2D eigenvalue weighted by Crippen LogP contribution is 2.67. The lowest BCUT2D eigenvalue weighted by atomic mass is 9.51. The maximum atomic E-state index is 12.4. The van der Waals surface area contributed by atoms with Gasteiger partial charge in [-0.3, -0.25) is 9.59 Å². The molecule has 4 aliphatic rings. The standard InChI is InChI=1S/C37H49NO3/c1-6-8-9-10-11-23-38(5)29-15-12-27(13-16-29)33-25-36(4)34(20-22-37(36,21-7-2)41-26(3)39)32-18-14-28-24-30(40)17-19-31(28)35(32)33/h12-13,15-16,24,32-34H,6,8-11,14,17-20,22-23,25H2,1-5H3/t32-,33+,34-,36-,37-/m0/s1. The third-order valence-corrected chi connectivity index (χ3v) is 10.8. The number of fused-ring (bicyclic) bond motifs is 4. The molecule has 2 saturated carbocycles. The van der Waals surface area contributed by atoms with Crippen LogP contribution in [0.25, 0.3) is 0 Å². The summed E-state index contributed by atoms with van der Waals surface area (Å²) in [6.45, 7) is 9.08. The van der Waals surface area contributed by atoms with Crippen LogP contribution in [-0.4, -0.2) is 30.9 Å². The van der Waals surface area contributed by atoms with Crippen molar-refractivity contribution in [3.63, 3.8) is 0 Å². The van der Waals surface area contributed by atoms with Crippen LogP contribution in [0.3, 0.4) is 0 Å². The predicted octanol–water partition coefficient (Wildman–Crippen LogP) is 8.32. The zero-order chi connectivity index (χ0) is 29.2. The van der Waals surface area contributed by atoms with Gasteiger partial charge in [-0.15, -0.1) is 5.92 Å². The molecule has 220 valence electrons. The van der Waals surface area contributed by atoms with Crippen molar-refractivity contribution in [3.05, 3.63) is 52.6 Å². The molecule has 1 aromatic carbocycles. The Bertz CT molecular complexity index is 1280. The summed E-state index contributed by atoms with van der Waals surface area (Å²) < 4.78 is 6.22. The topological polar surface area (TPSA) is 46.6 Å². The van der Waals surface area contributed by atoms with E-state index in [-0.39, 0.29) is 23.1 Å². The van der Waals surface area contributed by atoms with Crippen molar-refractivity contribution < 1.29 is 14.3 Å². The minimum absolute atomic E-state index is 0.230. The summed E-state index contributed by atoms with van der Waals surface area (Å²) in [5, 5.41) is 0. The van der Waals surface area contributed by atoms with Gasteiger partial charge in [0.25, 0.3) is 0 Å². The van der Waals surface area contributed by atoms with Gasteiger partial charge in [0.2, 0.25) is 0 Å². The van der Waals surface area contributed by atoms with E-state index in [4.69, 9.17) is 4.74 Å². The summed E-state index contributed by atoms with van der Waals surface area (Å²) in [5.74, 6) is 7.70. The molecule has 0 unspecified atom stereocenters.